The van der Waals surface area contributed by atoms with E-state index in [-0.39, 0.29) is 5.92 Å². The molecule has 2 saturated heterocycles. The maximum absolute atomic E-state index is 12.5. The normalized spacial score (nSPS) is 21.8. The van der Waals surface area contributed by atoms with Crippen LogP contribution in [0.4, 0.5) is 5.69 Å². The highest BCUT2D eigenvalue weighted by molar-refractivity contribution is 5.91. The van der Waals surface area contributed by atoms with Gasteiger partial charge in [-0.2, -0.15) is 0 Å². The van der Waals surface area contributed by atoms with Gasteiger partial charge in [0.2, 0.25) is 5.91 Å². The van der Waals surface area contributed by atoms with Crippen LogP contribution in [-0.2, 0) is 4.79 Å². The molecule has 2 aromatic rings. The maximum Gasteiger partial charge on any atom is 0.227 e. The second kappa shape index (κ2) is 6.16. The van der Waals surface area contributed by atoms with Crippen molar-refractivity contribution in [2.45, 2.75) is 6.42 Å². The first-order chi connectivity index (χ1) is 11.3. The number of nitrogens with one attached hydrogen (secondary N) is 1. The predicted molar refractivity (Wildman–Crippen MR) is 91.5 cm³/mol. The predicted octanol–water partition coefficient (Wildman–Crippen LogP) is 1.49. The van der Waals surface area contributed by atoms with Crippen LogP contribution in [0.1, 0.15) is 6.42 Å². The molecule has 1 amide bonds. The molecule has 2 aliphatic heterocycles. The molecule has 2 aliphatic rings. The third kappa shape index (κ3) is 2.77. The van der Waals surface area contributed by atoms with Crippen LogP contribution in [0.3, 0.4) is 0 Å². The van der Waals surface area contributed by atoms with Crippen molar-refractivity contribution < 1.29 is 4.79 Å². The molecule has 0 spiro atoms. The Morgan fingerprint density at radius 1 is 1.13 bits per heavy atom. The molecule has 23 heavy (non-hydrogen) atoms. The second-order valence-electron chi connectivity index (χ2n) is 6.35. The number of aromatic nitrogens is 1. The zero-order chi connectivity index (χ0) is 15.6. The SMILES string of the molecule is O=C(C1CCNC1)N1CCN(c2ccnc3ccccc23)CC1. The summed E-state index contributed by atoms with van der Waals surface area (Å²) in [6.07, 6.45) is 2.85. The van der Waals surface area contributed by atoms with Crippen LogP contribution in [0, 0.1) is 5.92 Å². The molecule has 1 atom stereocenters. The number of carbonyl (C=O) groups is 1. The number of nitrogens with zero attached hydrogens (tertiary/aromatic N) is 3. The lowest BCUT2D eigenvalue weighted by Gasteiger charge is -2.37. The lowest BCUT2D eigenvalue weighted by molar-refractivity contribution is -0.135. The number of hydrogen-bond donors (Lipinski definition) is 1. The summed E-state index contributed by atoms with van der Waals surface area (Å²) in [4.78, 5) is 21.4. The van der Waals surface area contributed by atoms with E-state index in [2.05, 4.69) is 33.4 Å². The Balaban J connectivity index is 1.47. The van der Waals surface area contributed by atoms with Gasteiger partial charge < -0.3 is 15.1 Å². The fraction of sp³-hybridized carbons (Fsp3) is 0.444. The van der Waals surface area contributed by atoms with Crippen LogP contribution in [0.15, 0.2) is 36.5 Å². The first kappa shape index (κ1) is 14.5. The molecule has 5 heteroatoms. The molecular formula is C18H22N4O. The van der Waals surface area contributed by atoms with Gasteiger partial charge in [0, 0.05) is 50.0 Å². The number of anilines is 1. The van der Waals surface area contributed by atoms with E-state index >= 15 is 0 Å². The van der Waals surface area contributed by atoms with Crippen molar-refractivity contribution >= 4 is 22.5 Å². The maximum atomic E-state index is 12.5. The van der Waals surface area contributed by atoms with E-state index in [1.54, 1.807) is 0 Å². The Morgan fingerprint density at radius 2 is 1.96 bits per heavy atom. The van der Waals surface area contributed by atoms with Gasteiger partial charge in [0.15, 0.2) is 0 Å². The summed E-state index contributed by atoms with van der Waals surface area (Å²) >= 11 is 0. The smallest absolute Gasteiger partial charge is 0.227 e. The Kier molecular flexibility index (Phi) is 3.87. The van der Waals surface area contributed by atoms with Crippen molar-refractivity contribution in [1.82, 2.24) is 15.2 Å². The second-order valence-corrected chi connectivity index (χ2v) is 6.35. The van der Waals surface area contributed by atoms with Crippen LogP contribution >= 0.6 is 0 Å². The molecule has 4 rings (SSSR count). The minimum absolute atomic E-state index is 0.184. The summed E-state index contributed by atoms with van der Waals surface area (Å²) in [5.41, 5.74) is 2.26. The topological polar surface area (TPSA) is 48.5 Å². The van der Waals surface area contributed by atoms with Gasteiger partial charge in [-0.05, 0) is 25.1 Å². The molecule has 5 nitrogen and oxygen atoms in total. The monoisotopic (exact) mass is 310 g/mol. The fourth-order valence-electron chi connectivity index (χ4n) is 3.65. The minimum Gasteiger partial charge on any atom is -0.367 e. The summed E-state index contributed by atoms with van der Waals surface area (Å²) in [6, 6.07) is 10.3. The summed E-state index contributed by atoms with van der Waals surface area (Å²) in [7, 11) is 0. The van der Waals surface area contributed by atoms with Crippen LogP contribution in [-0.4, -0.2) is 55.1 Å². The standard InChI is InChI=1S/C18H22N4O/c23-18(14-5-7-19-13-14)22-11-9-21(10-12-22)17-6-8-20-16-4-2-1-3-15(16)17/h1-4,6,8,14,19H,5,7,9-13H2. The number of amides is 1. The number of pyridine rings is 1. The summed E-state index contributed by atoms with van der Waals surface area (Å²) in [5, 5.41) is 4.47. The average molecular weight is 310 g/mol. The third-order valence-corrected chi connectivity index (χ3v) is 4.97. The van der Waals surface area contributed by atoms with Gasteiger partial charge in [0.25, 0.3) is 0 Å². The Labute approximate surface area is 136 Å². The molecule has 1 aromatic carbocycles. The third-order valence-electron chi connectivity index (χ3n) is 4.97. The zero-order valence-corrected chi connectivity index (χ0v) is 13.2. The van der Waals surface area contributed by atoms with E-state index in [0.29, 0.717) is 5.91 Å². The lowest BCUT2D eigenvalue weighted by Crippen LogP contribution is -2.50. The summed E-state index contributed by atoms with van der Waals surface area (Å²) < 4.78 is 0. The first-order valence-corrected chi connectivity index (χ1v) is 8.41. The van der Waals surface area contributed by atoms with Crippen molar-refractivity contribution in [1.29, 1.82) is 0 Å². The highest BCUT2D eigenvalue weighted by Gasteiger charge is 2.29. The number of benzene rings is 1. The number of carbonyl (C=O) groups excluding carboxylic acids is 1. The molecule has 0 bridgehead atoms. The largest absolute Gasteiger partial charge is 0.367 e. The van der Waals surface area contributed by atoms with Crippen molar-refractivity contribution in [2.75, 3.05) is 44.2 Å². The Hall–Kier alpha value is -2.14. The van der Waals surface area contributed by atoms with E-state index in [1.165, 1.54) is 11.1 Å². The number of fused-ring (bicyclic) bond motifs is 1. The van der Waals surface area contributed by atoms with Gasteiger partial charge in [-0.3, -0.25) is 9.78 Å². The minimum atomic E-state index is 0.184. The molecule has 0 aliphatic carbocycles. The number of piperazine rings is 1. The van der Waals surface area contributed by atoms with E-state index in [0.717, 1.165) is 51.2 Å². The van der Waals surface area contributed by atoms with Gasteiger partial charge in [0.1, 0.15) is 0 Å². The summed E-state index contributed by atoms with van der Waals surface area (Å²) in [6.45, 7) is 5.21. The van der Waals surface area contributed by atoms with E-state index in [4.69, 9.17) is 0 Å². The van der Waals surface area contributed by atoms with E-state index in [1.807, 2.05) is 23.2 Å². The molecule has 2 fully saturated rings. The van der Waals surface area contributed by atoms with Gasteiger partial charge in [0.05, 0.1) is 11.4 Å². The van der Waals surface area contributed by atoms with Gasteiger partial charge in [-0.25, -0.2) is 0 Å². The number of hydrogen-bond acceptors (Lipinski definition) is 4. The van der Waals surface area contributed by atoms with Crippen LogP contribution in [0.2, 0.25) is 0 Å². The molecule has 0 saturated carbocycles. The van der Waals surface area contributed by atoms with Gasteiger partial charge >= 0.3 is 0 Å². The van der Waals surface area contributed by atoms with Crippen molar-refractivity contribution in [3.8, 4) is 0 Å². The quantitative estimate of drug-likeness (QED) is 0.913. The molecule has 0 radical (unpaired) electrons. The van der Waals surface area contributed by atoms with Crippen molar-refractivity contribution in [3.63, 3.8) is 0 Å². The fourth-order valence-corrected chi connectivity index (χ4v) is 3.65. The molecular weight excluding hydrogens is 288 g/mol. The number of rotatable bonds is 2. The first-order valence-electron chi connectivity index (χ1n) is 8.41. The van der Waals surface area contributed by atoms with Crippen LogP contribution < -0.4 is 10.2 Å². The molecule has 3 heterocycles. The molecule has 120 valence electrons. The van der Waals surface area contributed by atoms with Crippen molar-refractivity contribution in [2.24, 2.45) is 5.92 Å². The van der Waals surface area contributed by atoms with Crippen LogP contribution in [0.25, 0.3) is 10.9 Å². The molecule has 1 N–H and O–H groups in total. The highest BCUT2D eigenvalue weighted by atomic mass is 16.2. The molecule has 1 unspecified atom stereocenters. The number of para-hydroxylation sites is 1. The lowest BCUT2D eigenvalue weighted by atomic mass is 10.1. The Morgan fingerprint density at radius 3 is 2.74 bits per heavy atom. The zero-order valence-electron chi connectivity index (χ0n) is 13.2. The average Bonchev–Trinajstić information content (AvgIpc) is 3.15. The Bertz CT molecular complexity index is 698. The highest BCUT2D eigenvalue weighted by Crippen LogP contribution is 2.26. The summed E-state index contributed by atoms with van der Waals surface area (Å²) in [5.74, 6) is 0.512. The van der Waals surface area contributed by atoms with Gasteiger partial charge in [-0.15, -0.1) is 0 Å². The van der Waals surface area contributed by atoms with E-state index < -0.39 is 0 Å². The molecule has 1 aromatic heterocycles. The van der Waals surface area contributed by atoms with Crippen LogP contribution in [0.5, 0.6) is 0 Å². The van der Waals surface area contributed by atoms with Crippen molar-refractivity contribution in [3.05, 3.63) is 36.5 Å². The van der Waals surface area contributed by atoms with E-state index in [9.17, 15) is 4.79 Å². The van der Waals surface area contributed by atoms with Gasteiger partial charge in [-0.1, -0.05) is 18.2 Å².